The van der Waals surface area contributed by atoms with E-state index in [1.807, 2.05) is 7.05 Å². The number of nitrogens with zero attached hydrogens (tertiary/aromatic N) is 3. The molecule has 20 heavy (non-hydrogen) atoms. The van der Waals surface area contributed by atoms with Gasteiger partial charge < -0.3 is 4.90 Å². The molecule has 0 radical (unpaired) electrons. The highest BCUT2D eigenvalue weighted by atomic mass is 16.6. The van der Waals surface area contributed by atoms with Crippen LogP contribution in [0.25, 0.3) is 0 Å². The van der Waals surface area contributed by atoms with Gasteiger partial charge in [-0.1, -0.05) is 6.92 Å². The van der Waals surface area contributed by atoms with Crippen molar-refractivity contribution < 1.29 is 4.92 Å². The van der Waals surface area contributed by atoms with Crippen molar-refractivity contribution in [1.82, 2.24) is 0 Å². The summed E-state index contributed by atoms with van der Waals surface area (Å²) in [6.45, 7) is 2.27. The summed E-state index contributed by atoms with van der Waals surface area (Å²) in [5.74, 6) is 0.770. The third-order valence-corrected chi connectivity index (χ3v) is 4.22. The number of hydrogen-bond acceptors (Lipinski definition) is 4. The molecule has 0 atom stereocenters. The molecule has 5 nitrogen and oxygen atoms in total. The van der Waals surface area contributed by atoms with E-state index < -0.39 is 4.92 Å². The minimum Gasteiger partial charge on any atom is -0.371 e. The largest absolute Gasteiger partial charge is 0.371 e. The molecule has 1 aliphatic rings. The molecule has 0 saturated heterocycles. The third-order valence-electron chi connectivity index (χ3n) is 4.22. The molecule has 0 unspecified atom stereocenters. The van der Waals surface area contributed by atoms with Gasteiger partial charge in [-0.15, -0.1) is 0 Å². The maximum absolute atomic E-state index is 10.8. The number of non-ortho nitro benzene ring substituents is 1. The summed E-state index contributed by atoms with van der Waals surface area (Å²) in [4.78, 5) is 12.4. The Morgan fingerprint density at radius 2 is 2.00 bits per heavy atom. The Labute approximate surface area is 119 Å². The molecule has 0 N–H and O–H groups in total. The van der Waals surface area contributed by atoms with Crippen LogP contribution in [-0.2, 0) is 0 Å². The zero-order chi connectivity index (χ0) is 14.7. The lowest BCUT2D eigenvalue weighted by molar-refractivity contribution is -0.384. The van der Waals surface area contributed by atoms with Gasteiger partial charge in [0.15, 0.2) is 0 Å². The summed E-state index contributed by atoms with van der Waals surface area (Å²) in [7, 11) is 1.97. The first-order valence-electron chi connectivity index (χ1n) is 6.94. The quantitative estimate of drug-likeness (QED) is 0.624. The summed E-state index contributed by atoms with van der Waals surface area (Å²) in [6, 6.07) is 7.01. The topological polar surface area (TPSA) is 70.2 Å². The van der Waals surface area contributed by atoms with Crippen LogP contribution in [-0.4, -0.2) is 18.0 Å². The van der Waals surface area contributed by atoms with Gasteiger partial charge >= 0.3 is 0 Å². The average molecular weight is 273 g/mol. The molecule has 1 fully saturated rings. The molecule has 0 heterocycles. The number of rotatable bonds is 3. The molecule has 1 saturated carbocycles. The van der Waals surface area contributed by atoms with E-state index in [4.69, 9.17) is 0 Å². The van der Waals surface area contributed by atoms with E-state index in [2.05, 4.69) is 17.9 Å². The van der Waals surface area contributed by atoms with Crippen LogP contribution >= 0.6 is 0 Å². The number of nitro benzene ring substituents is 1. The van der Waals surface area contributed by atoms with Gasteiger partial charge in [-0.3, -0.25) is 10.1 Å². The van der Waals surface area contributed by atoms with E-state index >= 15 is 0 Å². The second-order valence-electron chi connectivity index (χ2n) is 5.59. The van der Waals surface area contributed by atoms with Crippen molar-refractivity contribution in [2.75, 3.05) is 11.9 Å². The Kier molecular flexibility index (Phi) is 4.23. The summed E-state index contributed by atoms with van der Waals surface area (Å²) >= 11 is 0. The van der Waals surface area contributed by atoms with E-state index in [0.717, 1.165) is 24.4 Å². The highest BCUT2D eigenvalue weighted by Crippen LogP contribution is 2.32. The van der Waals surface area contributed by atoms with Crippen molar-refractivity contribution in [2.45, 2.75) is 38.6 Å². The van der Waals surface area contributed by atoms with Gasteiger partial charge in [0, 0.05) is 25.2 Å². The fourth-order valence-corrected chi connectivity index (χ4v) is 2.86. The molecule has 0 aliphatic heterocycles. The Morgan fingerprint density at radius 3 is 2.55 bits per heavy atom. The van der Waals surface area contributed by atoms with Crippen LogP contribution in [0.2, 0.25) is 0 Å². The average Bonchev–Trinajstić information content (AvgIpc) is 2.46. The zero-order valence-electron chi connectivity index (χ0n) is 11.9. The van der Waals surface area contributed by atoms with Gasteiger partial charge in [0.05, 0.1) is 16.2 Å². The number of nitro groups is 1. The lowest BCUT2D eigenvalue weighted by atomic mass is 9.86. The van der Waals surface area contributed by atoms with Gasteiger partial charge in [-0.05, 0) is 37.7 Å². The molecular weight excluding hydrogens is 254 g/mol. The van der Waals surface area contributed by atoms with Crippen molar-refractivity contribution in [3.05, 3.63) is 33.9 Å². The van der Waals surface area contributed by atoms with Crippen LogP contribution in [0.1, 0.15) is 38.2 Å². The van der Waals surface area contributed by atoms with Gasteiger partial charge in [-0.2, -0.15) is 5.26 Å². The lowest BCUT2D eigenvalue weighted by Gasteiger charge is -2.35. The van der Waals surface area contributed by atoms with Crippen molar-refractivity contribution in [3.63, 3.8) is 0 Å². The minimum atomic E-state index is -0.465. The first kappa shape index (κ1) is 14.3. The normalized spacial score (nSPS) is 22.1. The van der Waals surface area contributed by atoms with E-state index in [0.29, 0.717) is 11.6 Å². The van der Waals surface area contributed by atoms with Crippen LogP contribution < -0.4 is 4.90 Å². The Bertz CT molecular complexity index is 543. The lowest BCUT2D eigenvalue weighted by Crippen LogP contribution is -2.35. The predicted octanol–water partition coefficient (Wildman–Crippen LogP) is 3.48. The van der Waals surface area contributed by atoms with Crippen LogP contribution in [0.5, 0.6) is 0 Å². The predicted molar refractivity (Wildman–Crippen MR) is 77.6 cm³/mol. The smallest absolute Gasteiger partial charge is 0.270 e. The second-order valence-corrected chi connectivity index (χ2v) is 5.59. The summed E-state index contributed by atoms with van der Waals surface area (Å²) < 4.78 is 0. The summed E-state index contributed by atoms with van der Waals surface area (Å²) in [6.07, 6.45) is 4.62. The highest BCUT2D eigenvalue weighted by Gasteiger charge is 2.24. The minimum absolute atomic E-state index is 0.0315. The fraction of sp³-hybridized carbons (Fsp3) is 0.533. The van der Waals surface area contributed by atoms with Gasteiger partial charge in [0.2, 0.25) is 0 Å². The molecule has 1 aromatic carbocycles. The third kappa shape index (κ3) is 2.90. The Balaban J connectivity index is 2.23. The molecule has 0 aromatic heterocycles. The van der Waals surface area contributed by atoms with E-state index in [1.165, 1.54) is 25.0 Å². The molecule has 1 aliphatic carbocycles. The fourth-order valence-electron chi connectivity index (χ4n) is 2.86. The first-order valence-corrected chi connectivity index (χ1v) is 6.94. The molecule has 5 heteroatoms. The number of nitriles is 1. The van der Waals surface area contributed by atoms with Gasteiger partial charge in [0.25, 0.3) is 5.69 Å². The van der Waals surface area contributed by atoms with Crippen molar-refractivity contribution in [2.24, 2.45) is 5.92 Å². The second kappa shape index (κ2) is 5.91. The molecule has 0 spiro atoms. The SMILES string of the molecule is CC1CCC(N(C)c2ccc([N+](=O)[O-])cc2C#N)CC1. The Morgan fingerprint density at radius 1 is 1.35 bits per heavy atom. The van der Waals surface area contributed by atoms with Crippen LogP contribution in [0.15, 0.2) is 18.2 Å². The zero-order valence-corrected chi connectivity index (χ0v) is 11.9. The summed E-state index contributed by atoms with van der Waals surface area (Å²) in [5.41, 5.74) is 1.13. The molecule has 0 bridgehead atoms. The number of benzene rings is 1. The Hall–Kier alpha value is -2.09. The maximum atomic E-state index is 10.8. The van der Waals surface area contributed by atoms with Crippen molar-refractivity contribution >= 4 is 11.4 Å². The van der Waals surface area contributed by atoms with Gasteiger partial charge in [0.1, 0.15) is 6.07 Å². The van der Waals surface area contributed by atoms with Crippen LogP contribution in [0.4, 0.5) is 11.4 Å². The molecular formula is C15H19N3O2. The molecule has 0 amide bonds. The van der Waals surface area contributed by atoms with Crippen LogP contribution in [0.3, 0.4) is 0 Å². The van der Waals surface area contributed by atoms with Crippen molar-refractivity contribution in [3.8, 4) is 6.07 Å². The first-order chi connectivity index (χ1) is 9.52. The van der Waals surface area contributed by atoms with Crippen LogP contribution in [0, 0.1) is 27.4 Å². The number of anilines is 1. The monoisotopic (exact) mass is 273 g/mol. The van der Waals surface area contributed by atoms with E-state index in [9.17, 15) is 15.4 Å². The highest BCUT2D eigenvalue weighted by molar-refractivity contribution is 5.63. The van der Waals surface area contributed by atoms with E-state index in [-0.39, 0.29) is 5.69 Å². The standard InChI is InChI=1S/C15H19N3O2/c1-11-3-5-13(6-4-11)17(2)15-8-7-14(18(19)20)9-12(15)10-16/h7-9,11,13H,3-6H2,1-2H3. The molecule has 2 rings (SSSR count). The summed E-state index contributed by atoms with van der Waals surface area (Å²) in [5, 5.41) is 20.0. The van der Waals surface area contributed by atoms with Gasteiger partial charge in [-0.25, -0.2) is 0 Å². The molecule has 106 valence electrons. The maximum Gasteiger partial charge on any atom is 0.270 e. The molecule has 1 aromatic rings. The van der Waals surface area contributed by atoms with E-state index in [1.54, 1.807) is 6.07 Å². The van der Waals surface area contributed by atoms with Crippen molar-refractivity contribution in [1.29, 1.82) is 5.26 Å². The number of hydrogen-bond donors (Lipinski definition) is 0.